The zero-order chi connectivity index (χ0) is 17.3. The molecule has 2 aromatic heterocycles. The minimum Gasteiger partial charge on any atom is -0.506 e. The van der Waals surface area contributed by atoms with Gasteiger partial charge in [-0.05, 0) is 48.0 Å². The highest BCUT2D eigenvalue weighted by Gasteiger charge is 2.13. The topological polar surface area (TPSA) is 85.0 Å². The molecule has 0 fully saturated rings. The standard InChI is InChI=1S/C16H16BrN5O2/c1-10-15(17)11(2)22(19-10)9-21-8-7-13(20-21)16(24)18-12-5-3-4-6-14(12)23/h3-8,23H,9H2,1-2H3,(H,18,24). The fourth-order valence-corrected chi connectivity index (χ4v) is 2.56. The molecule has 124 valence electrons. The highest BCUT2D eigenvalue weighted by atomic mass is 79.9. The number of carbonyl (C=O) groups is 1. The Morgan fingerprint density at radius 1 is 1.25 bits per heavy atom. The van der Waals surface area contributed by atoms with Crippen LogP contribution in [0.15, 0.2) is 41.0 Å². The Kier molecular flexibility index (Phi) is 4.39. The van der Waals surface area contributed by atoms with Crippen molar-refractivity contribution < 1.29 is 9.90 Å². The van der Waals surface area contributed by atoms with E-state index in [1.807, 2.05) is 13.8 Å². The number of nitrogens with one attached hydrogen (secondary N) is 1. The van der Waals surface area contributed by atoms with Crippen LogP contribution >= 0.6 is 15.9 Å². The van der Waals surface area contributed by atoms with Crippen LogP contribution in [0.5, 0.6) is 5.75 Å². The van der Waals surface area contributed by atoms with Gasteiger partial charge in [-0.3, -0.25) is 9.48 Å². The number of phenols is 1. The number of carbonyl (C=O) groups excluding carboxylic acids is 1. The molecule has 0 saturated carbocycles. The monoisotopic (exact) mass is 389 g/mol. The normalized spacial score (nSPS) is 10.8. The molecule has 0 unspecified atom stereocenters. The predicted molar refractivity (Wildman–Crippen MR) is 93.1 cm³/mol. The van der Waals surface area contributed by atoms with Crippen LogP contribution in [-0.2, 0) is 6.67 Å². The third-order valence-electron chi connectivity index (χ3n) is 3.60. The second-order valence-electron chi connectivity index (χ2n) is 5.34. The van der Waals surface area contributed by atoms with Crippen LogP contribution in [0, 0.1) is 13.8 Å². The molecule has 1 aromatic carbocycles. The number of benzene rings is 1. The Hall–Kier alpha value is -2.61. The molecule has 2 heterocycles. The SMILES string of the molecule is Cc1nn(Cn2ccc(C(=O)Nc3ccccc3O)n2)c(C)c1Br. The highest BCUT2D eigenvalue weighted by molar-refractivity contribution is 9.10. The summed E-state index contributed by atoms with van der Waals surface area (Å²) in [7, 11) is 0. The highest BCUT2D eigenvalue weighted by Crippen LogP contribution is 2.22. The van der Waals surface area contributed by atoms with Gasteiger partial charge < -0.3 is 10.4 Å². The number of aromatic nitrogens is 4. The zero-order valence-electron chi connectivity index (χ0n) is 13.2. The fourth-order valence-electron chi connectivity index (χ4n) is 2.28. The van der Waals surface area contributed by atoms with Crippen molar-refractivity contribution in [3.8, 4) is 5.75 Å². The molecule has 3 rings (SSSR count). The van der Waals surface area contributed by atoms with Crippen LogP contribution < -0.4 is 5.32 Å². The van der Waals surface area contributed by atoms with Gasteiger partial charge in [0.1, 0.15) is 12.4 Å². The third-order valence-corrected chi connectivity index (χ3v) is 4.75. The quantitative estimate of drug-likeness (QED) is 0.671. The number of hydrogen-bond acceptors (Lipinski definition) is 4. The molecule has 0 radical (unpaired) electrons. The van der Waals surface area contributed by atoms with Crippen molar-refractivity contribution in [3.63, 3.8) is 0 Å². The summed E-state index contributed by atoms with van der Waals surface area (Å²) in [5.74, 6) is -0.373. The molecule has 24 heavy (non-hydrogen) atoms. The van der Waals surface area contributed by atoms with Gasteiger partial charge in [0.2, 0.25) is 0 Å². The molecule has 0 aliphatic heterocycles. The van der Waals surface area contributed by atoms with E-state index in [1.54, 1.807) is 39.8 Å². The lowest BCUT2D eigenvalue weighted by atomic mass is 10.3. The lowest BCUT2D eigenvalue weighted by molar-refractivity contribution is 0.102. The molecule has 0 spiro atoms. The second-order valence-corrected chi connectivity index (χ2v) is 6.13. The summed E-state index contributed by atoms with van der Waals surface area (Å²) in [6.45, 7) is 4.28. The summed E-state index contributed by atoms with van der Waals surface area (Å²) >= 11 is 3.48. The maximum absolute atomic E-state index is 12.2. The van der Waals surface area contributed by atoms with E-state index in [4.69, 9.17) is 0 Å². The third kappa shape index (κ3) is 3.18. The first-order valence-corrected chi connectivity index (χ1v) is 8.07. The number of rotatable bonds is 4. The van der Waals surface area contributed by atoms with Crippen molar-refractivity contribution >= 4 is 27.5 Å². The van der Waals surface area contributed by atoms with E-state index in [9.17, 15) is 9.90 Å². The maximum Gasteiger partial charge on any atom is 0.276 e. The Bertz CT molecular complexity index is 900. The average molecular weight is 390 g/mol. The molecule has 0 atom stereocenters. The first-order chi connectivity index (χ1) is 11.5. The van der Waals surface area contributed by atoms with Crippen molar-refractivity contribution in [3.05, 3.63) is 58.1 Å². The Balaban J connectivity index is 1.74. The number of aromatic hydroxyl groups is 1. The van der Waals surface area contributed by atoms with Crippen LogP contribution in [0.2, 0.25) is 0 Å². The first-order valence-electron chi connectivity index (χ1n) is 7.28. The number of aryl methyl sites for hydroxylation is 1. The summed E-state index contributed by atoms with van der Waals surface area (Å²) in [6.07, 6.45) is 1.71. The van der Waals surface area contributed by atoms with Gasteiger partial charge in [-0.15, -0.1) is 0 Å². The predicted octanol–water partition coefficient (Wildman–Crippen LogP) is 2.92. The first kappa shape index (κ1) is 16.3. The lowest BCUT2D eigenvalue weighted by Gasteiger charge is -2.06. The van der Waals surface area contributed by atoms with Gasteiger partial charge in [-0.2, -0.15) is 10.2 Å². The number of anilines is 1. The molecule has 0 aliphatic rings. The van der Waals surface area contributed by atoms with Crippen LogP contribution in [0.25, 0.3) is 0 Å². The molecular formula is C16H16BrN5O2. The van der Waals surface area contributed by atoms with E-state index in [0.717, 1.165) is 15.9 Å². The number of halogens is 1. The fraction of sp³-hybridized carbons (Fsp3) is 0.188. The molecular weight excluding hydrogens is 374 g/mol. The van der Waals surface area contributed by atoms with E-state index in [0.29, 0.717) is 12.4 Å². The van der Waals surface area contributed by atoms with Crippen LogP contribution in [0.4, 0.5) is 5.69 Å². The summed E-state index contributed by atoms with van der Waals surface area (Å²) in [6, 6.07) is 8.17. The van der Waals surface area contributed by atoms with Crippen molar-refractivity contribution in [2.75, 3.05) is 5.32 Å². The molecule has 0 saturated heterocycles. The summed E-state index contributed by atoms with van der Waals surface area (Å²) in [5.41, 5.74) is 2.50. The zero-order valence-corrected chi connectivity index (χ0v) is 14.8. The van der Waals surface area contributed by atoms with Gasteiger partial charge in [0.25, 0.3) is 5.91 Å². The van der Waals surface area contributed by atoms with Crippen LogP contribution in [-0.4, -0.2) is 30.6 Å². The number of para-hydroxylation sites is 2. The number of amides is 1. The smallest absolute Gasteiger partial charge is 0.276 e. The summed E-state index contributed by atoms with van der Waals surface area (Å²) in [5, 5.41) is 21.0. The number of phenolic OH excluding ortho intramolecular Hbond substituents is 1. The second kappa shape index (κ2) is 6.48. The molecule has 0 aliphatic carbocycles. The Labute approximate surface area is 147 Å². The number of hydrogen-bond donors (Lipinski definition) is 2. The molecule has 3 aromatic rings. The van der Waals surface area contributed by atoms with E-state index in [2.05, 4.69) is 31.4 Å². The molecule has 2 N–H and O–H groups in total. The van der Waals surface area contributed by atoms with Crippen molar-refractivity contribution in [1.82, 2.24) is 19.6 Å². The van der Waals surface area contributed by atoms with Gasteiger partial charge in [0, 0.05) is 6.20 Å². The summed E-state index contributed by atoms with van der Waals surface area (Å²) < 4.78 is 4.40. The van der Waals surface area contributed by atoms with Crippen molar-refractivity contribution in [2.24, 2.45) is 0 Å². The molecule has 1 amide bonds. The van der Waals surface area contributed by atoms with Crippen LogP contribution in [0.1, 0.15) is 21.9 Å². The minimum absolute atomic E-state index is 0.0118. The number of nitrogens with zero attached hydrogens (tertiary/aromatic N) is 4. The lowest BCUT2D eigenvalue weighted by Crippen LogP contribution is -2.15. The van der Waals surface area contributed by atoms with E-state index in [1.165, 1.54) is 6.07 Å². The Morgan fingerprint density at radius 2 is 2.00 bits per heavy atom. The molecule has 7 nitrogen and oxygen atoms in total. The van der Waals surface area contributed by atoms with Gasteiger partial charge in [-0.1, -0.05) is 12.1 Å². The van der Waals surface area contributed by atoms with E-state index in [-0.39, 0.29) is 17.4 Å². The van der Waals surface area contributed by atoms with Crippen LogP contribution in [0.3, 0.4) is 0 Å². The van der Waals surface area contributed by atoms with Crippen molar-refractivity contribution in [2.45, 2.75) is 20.5 Å². The summed E-state index contributed by atoms with van der Waals surface area (Å²) in [4.78, 5) is 12.2. The largest absolute Gasteiger partial charge is 0.506 e. The minimum atomic E-state index is -0.384. The molecule has 8 heteroatoms. The van der Waals surface area contributed by atoms with Gasteiger partial charge >= 0.3 is 0 Å². The van der Waals surface area contributed by atoms with E-state index < -0.39 is 0 Å². The van der Waals surface area contributed by atoms with Gasteiger partial charge in [-0.25, -0.2) is 4.68 Å². The van der Waals surface area contributed by atoms with Gasteiger partial charge in [0.15, 0.2) is 5.69 Å². The maximum atomic E-state index is 12.2. The van der Waals surface area contributed by atoms with E-state index >= 15 is 0 Å². The molecule has 0 bridgehead atoms. The Morgan fingerprint density at radius 3 is 2.67 bits per heavy atom. The van der Waals surface area contributed by atoms with Crippen molar-refractivity contribution in [1.29, 1.82) is 0 Å². The average Bonchev–Trinajstić information content (AvgIpc) is 3.11. The van der Waals surface area contributed by atoms with Gasteiger partial charge in [0.05, 0.1) is 21.5 Å².